The monoisotopic (exact) mass is 274 g/mol. The second-order valence-corrected chi connectivity index (χ2v) is 4.67. The molecule has 0 aromatic heterocycles. The van der Waals surface area contributed by atoms with E-state index < -0.39 is 11.7 Å². The lowest BCUT2D eigenvalue weighted by Gasteiger charge is -2.18. The molecular formula is C13H17F3N2O. The van der Waals surface area contributed by atoms with Crippen molar-refractivity contribution >= 4 is 5.69 Å². The molecule has 19 heavy (non-hydrogen) atoms. The van der Waals surface area contributed by atoms with Gasteiger partial charge < -0.3 is 15.8 Å². The molecule has 0 radical (unpaired) electrons. The maximum atomic E-state index is 12.5. The number of halogens is 3. The molecule has 1 unspecified atom stereocenters. The predicted molar refractivity (Wildman–Crippen MR) is 67.0 cm³/mol. The Morgan fingerprint density at radius 1 is 1.21 bits per heavy atom. The van der Waals surface area contributed by atoms with Gasteiger partial charge in [-0.25, -0.2) is 0 Å². The molecule has 0 spiro atoms. The Labute approximate surface area is 109 Å². The van der Waals surface area contributed by atoms with Gasteiger partial charge in [0.1, 0.15) is 11.9 Å². The van der Waals surface area contributed by atoms with Crippen molar-refractivity contribution in [2.24, 2.45) is 0 Å². The van der Waals surface area contributed by atoms with Gasteiger partial charge in [-0.2, -0.15) is 13.2 Å². The smallest absolute Gasteiger partial charge is 0.416 e. The summed E-state index contributed by atoms with van der Waals surface area (Å²) < 4.78 is 43.2. The highest BCUT2D eigenvalue weighted by Gasteiger charge is 2.31. The van der Waals surface area contributed by atoms with Gasteiger partial charge in [0.25, 0.3) is 0 Å². The molecule has 1 fully saturated rings. The van der Waals surface area contributed by atoms with Gasteiger partial charge in [0.05, 0.1) is 11.3 Å². The van der Waals surface area contributed by atoms with Crippen LogP contribution in [-0.2, 0) is 6.18 Å². The fourth-order valence-electron chi connectivity index (χ4n) is 2.12. The van der Waals surface area contributed by atoms with E-state index >= 15 is 0 Å². The molecule has 3 N–H and O–H groups in total. The van der Waals surface area contributed by atoms with Crippen LogP contribution in [0.3, 0.4) is 0 Å². The molecule has 0 aliphatic carbocycles. The summed E-state index contributed by atoms with van der Waals surface area (Å²) in [5.74, 6) is 0.333. The molecule has 106 valence electrons. The fraction of sp³-hybridized carbons (Fsp3) is 0.538. The first kappa shape index (κ1) is 14.0. The topological polar surface area (TPSA) is 47.3 Å². The van der Waals surface area contributed by atoms with Gasteiger partial charge >= 0.3 is 6.18 Å². The third-order valence-corrected chi connectivity index (χ3v) is 3.15. The molecule has 0 bridgehead atoms. The van der Waals surface area contributed by atoms with Crippen LogP contribution in [0, 0.1) is 0 Å². The van der Waals surface area contributed by atoms with E-state index in [0.717, 1.165) is 44.5 Å². The number of benzene rings is 1. The molecule has 1 aliphatic heterocycles. The van der Waals surface area contributed by atoms with E-state index in [1.165, 1.54) is 6.07 Å². The van der Waals surface area contributed by atoms with Crippen molar-refractivity contribution in [3.63, 3.8) is 0 Å². The SMILES string of the molecule is Nc1cc(C(F)(F)F)ccc1OC1CCCNCC1. The van der Waals surface area contributed by atoms with Crippen LogP contribution in [0.2, 0.25) is 0 Å². The van der Waals surface area contributed by atoms with Crippen LogP contribution in [0.4, 0.5) is 18.9 Å². The van der Waals surface area contributed by atoms with E-state index in [1.807, 2.05) is 0 Å². The van der Waals surface area contributed by atoms with Gasteiger partial charge in [-0.05, 0) is 50.6 Å². The van der Waals surface area contributed by atoms with Gasteiger partial charge in [0, 0.05) is 0 Å². The van der Waals surface area contributed by atoms with Gasteiger partial charge in [-0.15, -0.1) is 0 Å². The summed E-state index contributed by atoms with van der Waals surface area (Å²) in [5, 5.41) is 3.25. The average molecular weight is 274 g/mol. The van der Waals surface area contributed by atoms with Crippen molar-refractivity contribution in [2.75, 3.05) is 18.8 Å². The van der Waals surface area contributed by atoms with Gasteiger partial charge in [0.15, 0.2) is 0 Å². The molecule has 1 heterocycles. The number of nitrogen functional groups attached to an aromatic ring is 1. The van der Waals surface area contributed by atoms with Crippen molar-refractivity contribution < 1.29 is 17.9 Å². The van der Waals surface area contributed by atoms with Crippen LogP contribution in [0.15, 0.2) is 18.2 Å². The minimum atomic E-state index is -4.38. The van der Waals surface area contributed by atoms with E-state index in [2.05, 4.69) is 5.32 Å². The maximum absolute atomic E-state index is 12.5. The van der Waals surface area contributed by atoms with Crippen LogP contribution in [0.1, 0.15) is 24.8 Å². The summed E-state index contributed by atoms with van der Waals surface area (Å²) in [4.78, 5) is 0. The van der Waals surface area contributed by atoms with Crippen LogP contribution < -0.4 is 15.8 Å². The molecule has 6 heteroatoms. The quantitative estimate of drug-likeness (QED) is 0.815. The fourth-order valence-corrected chi connectivity index (χ4v) is 2.12. The second kappa shape index (κ2) is 5.69. The number of rotatable bonds is 2. The van der Waals surface area contributed by atoms with E-state index in [-0.39, 0.29) is 11.8 Å². The Morgan fingerprint density at radius 2 is 2.00 bits per heavy atom. The van der Waals surface area contributed by atoms with Gasteiger partial charge in [0.2, 0.25) is 0 Å². The Morgan fingerprint density at radius 3 is 2.68 bits per heavy atom. The molecule has 1 aromatic carbocycles. The number of nitrogens with one attached hydrogen (secondary N) is 1. The average Bonchev–Trinajstić information content (AvgIpc) is 2.59. The van der Waals surface area contributed by atoms with Crippen molar-refractivity contribution in [1.82, 2.24) is 5.32 Å². The number of nitrogens with two attached hydrogens (primary N) is 1. The standard InChI is InChI=1S/C13H17F3N2O/c14-13(15,16)9-3-4-12(11(17)8-9)19-10-2-1-6-18-7-5-10/h3-4,8,10,18H,1-2,5-7,17H2. The predicted octanol–water partition coefficient (Wildman–Crippen LogP) is 2.81. The van der Waals surface area contributed by atoms with Gasteiger partial charge in [-0.1, -0.05) is 0 Å². The summed E-state index contributed by atoms with van der Waals surface area (Å²) in [6.45, 7) is 1.80. The second-order valence-electron chi connectivity index (χ2n) is 4.67. The lowest BCUT2D eigenvalue weighted by Crippen LogP contribution is -2.20. The number of hydrogen-bond acceptors (Lipinski definition) is 3. The molecule has 0 amide bonds. The van der Waals surface area contributed by atoms with Crippen molar-refractivity contribution in [1.29, 1.82) is 0 Å². The Balaban J connectivity index is 2.08. The highest BCUT2D eigenvalue weighted by Crippen LogP contribution is 2.34. The third kappa shape index (κ3) is 3.76. The summed E-state index contributed by atoms with van der Waals surface area (Å²) in [6.07, 6.45) is -1.66. The highest BCUT2D eigenvalue weighted by molar-refractivity contribution is 5.54. The Hall–Kier alpha value is -1.43. The Kier molecular flexibility index (Phi) is 4.19. The van der Waals surface area contributed by atoms with E-state index in [9.17, 15) is 13.2 Å². The maximum Gasteiger partial charge on any atom is 0.416 e. The van der Waals surface area contributed by atoms with E-state index in [4.69, 9.17) is 10.5 Å². The zero-order valence-electron chi connectivity index (χ0n) is 10.5. The summed E-state index contributed by atoms with van der Waals surface area (Å²) in [5.41, 5.74) is 4.92. The van der Waals surface area contributed by atoms with Crippen LogP contribution in [0.5, 0.6) is 5.75 Å². The number of alkyl halides is 3. The molecule has 1 atom stereocenters. The molecular weight excluding hydrogens is 257 g/mol. The molecule has 3 nitrogen and oxygen atoms in total. The number of ether oxygens (including phenoxy) is 1. The van der Waals surface area contributed by atoms with Crippen molar-refractivity contribution in [3.05, 3.63) is 23.8 Å². The van der Waals surface area contributed by atoms with Crippen molar-refractivity contribution in [3.8, 4) is 5.75 Å². The first-order chi connectivity index (χ1) is 8.97. The first-order valence-electron chi connectivity index (χ1n) is 6.31. The third-order valence-electron chi connectivity index (χ3n) is 3.15. The summed E-state index contributed by atoms with van der Waals surface area (Å²) in [6, 6.07) is 3.22. The normalized spacial score (nSPS) is 20.9. The van der Waals surface area contributed by atoms with E-state index in [0.29, 0.717) is 5.75 Å². The zero-order valence-corrected chi connectivity index (χ0v) is 10.5. The lowest BCUT2D eigenvalue weighted by molar-refractivity contribution is -0.137. The lowest BCUT2D eigenvalue weighted by atomic mass is 10.1. The molecule has 0 saturated carbocycles. The molecule has 1 saturated heterocycles. The molecule has 1 aliphatic rings. The minimum absolute atomic E-state index is 0.00837. The van der Waals surface area contributed by atoms with Crippen molar-refractivity contribution in [2.45, 2.75) is 31.5 Å². The zero-order chi connectivity index (χ0) is 13.9. The first-order valence-corrected chi connectivity index (χ1v) is 6.31. The number of anilines is 1. The molecule has 1 aromatic rings. The van der Waals surface area contributed by atoms with Crippen LogP contribution in [-0.4, -0.2) is 19.2 Å². The van der Waals surface area contributed by atoms with E-state index in [1.54, 1.807) is 0 Å². The van der Waals surface area contributed by atoms with Crippen LogP contribution in [0.25, 0.3) is 0 Å². The van der Waals surface area contributed by atoms with Crippen LogP contribution >= 0.6 is 0 Å². The Bertz CT molecular complexity index is 426. The molecule has 2 rings (SSSR count). The summed E-state index contributed by atoms with van der Waals surface area (Å²) in [7, 11) is 0. The summed E-state index contributed by atoms with van der Waals surface area (Å²) >= 11 is 0. The highest BCUT2D eigenvalue weighted by atomic mass is 19.4. The number of hydrogen-bond donors (Lipinski definition) is 2. The van der Waals surface area contributed by atoms with Gasteiger partial charge in [-0.3, -0.25) is 0 Å². The largest absolute Gasteiger partial charge is 0.488 e. The minimum Gasteiger partial charge on any atom is -0.488 e.